The highest BCUT2D eigenvalue weighted by atomic mass is 16.6. The molecule has 39 heavy (non-hydrogen) atoms. The number of carbonyl (C=O) groups is 4. The van der Waals surface area contributed by atoms with Gasteiger partial charge in [0.05, 0.1) is 6.54 Å². The van der Waals surface area contributed by atoms with Gasteiger partial charge in [0, 0.05) is 19.3 Å². The first-order valence-electron chi connectivity index (χ1n) is 15.2. The van der Waals surface area contributed by atoms with E-state index in [0.29, 0.717) is 19.3 Å². The number of carboxylic acids is 1. The molecule has 0 atom stereocenters. The fourth-order valence-corrected chi connectivity index (χ4v) is 4.03. The Labute approximate surface area is 236 Å². The predicted octanol–water partition coefficient (Wildman–Crippen LogP) is 6.11. The zero-order valence-corrected chi connectivity index (χ0v) is 24.9. The van der Waals surface area contributed by atoms with Crippen molar-refractivity contribution in [2.75, 3.05) is 26.4 Å². The standard InChI is InChI=1S/C30H55NO8/c1-4-7-10-13-16-19-27(34)37-23-30(31-22-26(32)33,24-38-28(35)20-17-14-11-8-5-2)25-39-29(36)21-18-15-12-9-6-3/h31H,4-25H2,1-3H3,(H,32,33). The molecule has 0 bridgehead atoms. The van der Waals surface area contributed by atoms with Gasteiger partial charge in [0.25, 0.3) is 0 Å². The van der Waals surface area contributed by atoms with Gasteiger partial charge in [-0.25, -0.2) is 0 Å². The minimum absolute atomic E-state index is 0.244. The molecule has 0 fully saturated rings. The summed E-state index contributed by atoms with van der Waals surface area (Å²) in [6.45, 7) is 5.06. The smallest absolute Gasteiger partial charge is 0.317 e. The van der Waals surface area contributed by atoms with E-state index in [-0.39, 0.29) is 39.1 Å². The summed E-state index contributed by atoms with van der Waals surface area (Å²) < 4.78 is 16.5. The Morgan fingerprint density at radius 2 is 0.846 bits per heavy atom. The summed E-state index contributed by atoms with van der Waals surface area (Å²) in [5, 5.41) is 12.1. The lowest BCUT2D eigenvalue weighted by atomic mass is 10.0. The molecular formula is C30H55NO8. The highest BCUT2D eigenvalue weighted by molar-refractivity contribution is 5.71. The van der Waals surface area contributed by atoms with Crippen LogP contribution in [0.3, 0.4) is 0 Å². The van der Waals surface area contributed by atoms with Crippen LogP contribution in [0.5, 0.6) is 0 Å². The Morgan fingerprint density at radius 1 is 0.538 bits per heavy atom. The molecule has 0 rings (SSSR count). The zero-order valence-electron chi connectivity index (χ0n) is 24.9. The van der Waals surface area contributed by atoms with Crippen LogP contribution in [0.1, 0.15) is 136 Å². The van der Waals surface area contributed by atoms with E-state index in [1.54, 1.807) is 0 Å². The first-order chi connectivity index (χ1) is 18.8. The first kappa shape index (κ1) is 36.8. The SMILES string of the molecule is CCCCCCCC(=O)OCC(COC(=O)CCCCCCC)(COC(=O)CCCCCCC)NCC(=O)O. The third-order valence-corrected chi connectivity index (χ3v) is 6.60. The second-order valence-electron chi connectivity index (χ2n) is 10.5. The number of unbranched alkanes of at least 4 members (excludes halogenated alkanes) is 12. The third kappa shape index (κ3) is 22.4. The number of nitrogens with one attached hydrogen (secondary N) is 1. The van der Waals surface area contributed by atoms with Crippen LogP contribution >= 0.6 is 0 Å². The van der Waals surface area contributed by atoms with E-state index >= 15 is 0 Å². The van der Waals surface area contributed by atoms with E-state index in [9.17, 15) is 24.3 Å². The Morgan fingerprint density at radius 3 is 1.13 bits per heavy atom. The molecule has 228 valence electrons. The van der Waals surface area contributed by atoms with Crippen LogP contribution in [-0.4, -0.2) is 60.9 Å². The molecule has 0 saturated heterocycles. The molecule has 0 amide bonds. The van der Waals surface area contributed by atoms with Crippen molar-refractivity contribution < 1.29 is 38.5 Å². The van der Waals surface area contributed by atoms with Gasteiger partial charge in [-0.1, -0.05) is 97.8 Å². The largest absolute Gasteiger partial charge is 0.480 e. The van der Waals surface area contributed by atoms with Crippen molar-refractivity contribution >= 4 is 23.9 Å². The van der Waals surface area contributed by atoms with Crippen LogP contribution in [0.15, 0.2) is 0 Å². The molecule has 0 aromatic heterocycles. The molecule has 2 N–H and O–H groups in total. The number of esters is 3. The number of hydrogen-bond acceptors (Lipinski definition) is 8. The van der Waals surface area contributed by atoms with Crippen LogP contribution in [0.25, 0.3) is 0 Å². The van der Waals surface area contributed by atoms with Gasteiger partial charge in [0.2, 0.25) is 0 Å². The van der Waals surface area contributed by atoms with Gasteiger partial charge < -0.3 is 19.3 Å². The van der Waals surface area contributed by atoms with E-state index in [4.69, 9.17) is 14.2 Å². The van der Waals surface area contributed by atoms with Gasteiger partial charge in [-0.3, -0.25) is 24.5 Å². The summed E-state index contributed by atoms with van der Waals surface area (Å²) in [7, 11) is 0. The van der Waals surface area contributed by atoms with Gasteiger partial charge in [-0.2, -0.15) is 0 Å². The van der Waals surface area contributed by atoms with Gasteiger partial charge in [-0.15, -0.1) is 0 Å². The molecule has 0 aromatic carbocycles. The Kier molecular flexibility index (Phi) is 23.5. The molecule has 0 aliphatic heterocycles. The van der Waals surface area contributed by atoms with Crippen LogP contribution in [-0.2, 0) is 33.4 Å². The summed E-state index contributed by atoms with van der Waals surface area (Å²) in [6.07, 6.45) is 15.5. The minimum atomic E-state index is -1.36. The van der Waals surface area contributed by atoms with Gasteiger partial charge in [-0.05, 0) is 19.3 Å². The molecule has 0 spiro atoms. The minimum Gasteiger partial charge on any atom is -0.480 e. The number of rotatable bonds is 27. The second kappa shape index (κ2) is 24.9. The second-order valence-corrected chi connectivity index (χ2v) is 10.5. The van der Waals surface area contributed by atoms with Gasteiger partial charge in [0.15, 0.2) is 0 Å². The van der Waals surface area contributed by atoms with Crippen LogP contribution in [0, 0.1) is 0 Å². The van der Waals surface area contributed by atoms with Crippen molar-refractivity contribution in [2.45, 2.75) is 142 Å². The number of carbonyl (C=O) groups excluding carboxylic acids is 3. The fourth-order valence-electron chi connectivity index (χ4n) is 4.03. The van der Waals surface area contributed by atoms with E-state index in [0.717, 1.165) is 77.0 Å². The monoisotopic (exact) mass is 557 g/mol. The van der Waals surface area contributed by atoms with E-state index < -0.39 is 36.0 Å². The maximum Gasteiger partial charge on any atom is 0.317 e. The van der Waals surface area contributed by atoms with Crippen molar-refractivity contribution in [1.29, 1.82) is 0 Å². The molecule has 0 heterocycles. The average molecular weight is 558 g/mol. The molecule has 9 nitrogen and oxygen atoms in total. The van der Waals surface area contributed by atoms with Crippen LogP contribution in [0.4, 0.5) is 0 Å². The lowest BCUT2D eigenvalue weighted by Gasteiger charge is -2.32. The summed E-state index contributed by atoms with van der Waals surface area (Å²) in [5.41, 5.74) is -1.36. The van der Waals surface area contributed by atoms with Crippen LogP contribution < -0.4 is 5.32 Å². The number of carboxylic acid groups (broad SMARTS) is 1. The van der Waals surface area contributed by atoms with Crippen molar-refractivity contribution in [1.82, 2.24) is 5.32 Å². The Hall–Kier alpha value is -2.16. The molecule has 0 radical (unpaired) electrons. The first-order valence-corrected chi connectivity index (χ1v) is 15.2. The summed E-state index contributed by atoms with van der Waals surface area (Å²) in [6, 6.07) is 0. The molecule has 0 aromatic rings. The van der Waals surface area contributed by atoms with E-state index in [1.165, 1.54) is 0 Å². The lowest BCUT2D eigenvalue weighted by molar-refractivity contribution is -0.157. The lowest BCUT2D eigenvalue weighted by Crippen LogP contribution is -2.58. The van der Waals surface area contributed by atoms with Crippen molar-refractivity contribution in [2.24, 2.45) is 0 Å². The molecule has 0 aliphatic rings. The van der Waals surface area contributed by atoms with E-state index in [1.807, 2.05) is 0 Å². The van der Waals surface area contributed by atoms with E-state index in [2.05, 4.69) is 26.1 Å². The van der Waals surface area contributed by atoms with Crippen molar-refractivity contribution in [3.63, 3.8) is 0 Å². The number of hydrogen-bond donors (Lipinski definition) is 2. The highest BCUT2D eigenvalue weighted by Gasteiger charge is 2.36. The maximum atomic E-state index is 12.4. The summed E-state index contributed by atoms with van der Waals surface area (Å²) in [4.78, 5) is 48.6. The third-order valence-electron chi connectivity index (χ3n) is 6.60. The molecule has 0 unspecified atom stereocenters. The maximum absolute atomic E-state index is 12.4. The Bertz CT molecular complexity index is 593. The fraction of sp³-hybridized carbons (Fsp3) is 0.867. The highest BCUT2D eigenvalue weighted by Crippen LogP contribution is 2.14. The predicted molar refractivity (Wildman–Crippen MR) is 151 cm³/mol. The number of ether oxygens (including phenoxy) is 3. The van der Waals surface area contributed by atoms with Crippen molar-refractivity contribution in [3.05, 3.63) is 0 Å². The molecule has 0 aliphatic carbocycles. The topological polar surface area (TPSA) is 128 Å². The molecular weight excluding hydrogens is 502 g/mol. The zero-order chi connectivity index (χ0) is 29.2. The average Bonchev–Trinajstić information content (AvgIpc) is 2.91. The quantitative estimate of drug-likeness (QED) is 0.0698. The van der Waals surface area contributed by atoms with Crippen molar-refractivity contribution in [3.8, 4) is 0 Å². The summed E-state index contributed by atoms with van der Waals surface area (Å²) in [5.74, 6) is -2.39. The van der Waals surface area contributed by atoms with Gasteiger partial charge in [0.1, 0.15) is 25.4 Å². The molecule has 9 heteroatoms. The normalized spacial score (nSPS) is 11.3. The summed E-state index contributed by atoms with van der Waals surface area (Å²) >= 11 is 0. The van der Waals surface area contributed by atoms with Gasteiger partial charge >= 0.3 is 23.9 Å². The van der Waals surface area contributed by atoms with Crippen LogP contribution in [0.2, 0.25) is 0 Å². The molecule has 0 saturated carbocycles. The number of aliphatic carboxylic acids is 1. The Balaban J connectivity index is 5.17.